The van der Waals surface area contributed by atoms with Crippen LogP contribution in [0.15, 0.2) is 28.8 Å². The van der Waals surface area contributed by atoms with E-state index in [1.807, 2.05) is 6.92 Å². The third-order valence-electron chi connectivity index (χ3n) is 2.52. The lowest BCUT2D eigenvalue weighted by Crippen LogP contribution is -2.13. The number of phenols is 1. The molecule has 0 saturated heterocycles. The Balaban J connectivity index is 2.15. The molecule has 0 radical (unpaired) electrons. The molecule has 0 fully saturated rings. The number of aromatic nitrogens is 2. The molecule has 0 aliphatic carbocycles. The molecule has 0 aliphatic rings. The number of benzene rings is 1. The Kier molecular flexibility index (Phi) is 3.39. The monoisotopic (exact) mass is 233 g/mol. The van der Waals surface area contributed by atoms with Crippen LogP contribution in [0.4, 0.5) is 0 Å². The molecule has 1 unspecified atom stereocenters. The molecule has 0 bridgehead atoms. The van der Waals surface area contributed by atoms with E-state index in [-0.39, 0.29) is 5.75 Å². The Labute approximate surface area is 99.3 Å². The van der Waals surface area contributed by atoms with Crippen molar-refractivity contribution in [1.82, 2.24) is 10.1 Å². The highest BCUT2D eigenvalue weighted by Crippen LogP contribution is 2.19. The van der Waals surface area contributed by atoms with Gasteiger partial charge in [0, 0.05) is 12.0 Å². The molecule has 5 heteroatoms. The van der Waals surface area contributed by atoms with Crippen molar-refractivity contribution in [3.63, 3.8) is 0 Å². The van der Waals surface area contributed by atoms with Crippen LogP contribution >= 0.6 is 0 Å². The van der Waals surface area contributed by atoms with E-state index in [4.69, 9.17) is 10.3 Å². The Morgan fingerprint density at radius 2 is 2.06 bits per heavy atom. The first-order valence-corrected chi connectivity index (χ1v) is 5.51. The van der Waals surface area contributed by atoms with Crippen LogP contribution in [0.25, 0.3) is 11.4 Å². The number of nitrogens with two attached hydrogens (primary N) is 1. The van der Waals surface area contributed by atoms with E-state index < -0.39 is 0 Å². The van der Waals surface area contributed by atoms with E-state index in [0.29, 0.717) is 30.6 Å². The first-order valence-electron chi connectivity index (χ1n) is 5.51. The average molecular weight is 233 g/mol. The van der Waals surface area contributed by atoms with Crippen LogP contribution in [0.5, 0.6) is 5.75 Å². The molecule has 0 saturated carbocycles. The van der Waals surface area contributed by atoms with Gasteiger partial charge in [-0.2, -0.15) is 4.98 Å². The third kappa shape index (κ3) is 2.82. The largest absolute Gasteiger partial charge is 0.508 e. The van der Waals surface area contributed by atoms with Crippen molar-refractivity contribution >= 4 is 0 Å². The third-order valence-corrected chi connectivity index (χ3v) is 2.52. The average Bonchev–Trinajstić information content (AvgIpc) is 2.78. The van der Waals surface area contributed by atoms with Gasteiger partial charge in [0.05, 0.1) is 0 Å². The van der Waals surface area contributed by atoms with E-state index in [1.54, 1.807) is 24.3 Å². The zero-order chi connectivity index (χ0) is 12.3. The number of phenolic OH excluding ortho intramolecular Hbond substituents is 1. The summed E-state index contributed by atoms with van der Waals surface area (Å²) in [7, 11) is 0. The summed E-state index contributed by atoms with van der Waals surface area (Å²) in [5.41, 5.74) is 6.35. The van der Waals surface area contributed by atoms with Gasteiger partial charge in [0.25, 0.3) is 0 Å². The van der Waals surface area contributed by atoms with Gasteiger partial charge in [0.1, 0.15) is 5.75 Å². The number of rotatable bonds is 4. The fourth-order valence-corrected chi connectivity index (χ4v) is 1.45. The van der Waals surface area contributed by atoms with Crippen LogP contribution in [-0.2, 0) is 6.42 Å². The van der Waals surface area contributed by atoms with Crippen molar-refractivity contribution in [2.45, 2.75) is 13.3 Å². The minimum atomic E-state index is 0.217. The summed E-state index contributed by atoms with van der Waals surface area (Å²) < 4.78 is 5.14. The fraction of sp³-hybridized carbons (Fsp3) is 0.333. The zero-order valence-corrected chi connectivity index (χ0v) is 9.63. The van der Waals surface area contributed by atoms with E-state index in [9.17, 15) is 5.11 Å². The zero-order valence-electron chi connectivity index (χ0n) is 9.63. The van der Waals surface area contributed by atoms with Crippen LogP contribution in [-0.4, -0.2) is 21.8 Å². The molecule has 1 atom stereocenters. The molecular formula is C12H15N3O2. The van der Waals surface area contributed by atoms with Crippen LogP contribution in [0.2, 0.25) is 0 Å². The normalized spacial score (nSPS) is 12.6. The maximum atomic E-state index is 9.18. The van der Waals surface area contributed by atoms with Crippen molar-refractivity contribution in [3.05, 3.63) is 30.2 Å². The molecule has 0 amide bonds. The van der Waals surface area contributed by atoms with Gasteiger partial charge in [-0.15, -0.1) is 0 Å². The van der Waals surface area contributed by atoms with Gasteiger partial charge in [-0.05, 0) is 36.7 Å². The number of aromatic hydroxyl groups is 1. The summed E-state index contributed by atoms with van der Waals surface area (Å²) in [4.78, 5) is 4.28. The molecule has 0 spiro atoms. The predicted molar refractivity (Wildman–Crippen MR) is 63.3 cm³/mol. The highest BCUT2D eigenvalue weighted by Gasteiger charge is 2.11. The van der Waals surface area contributed by atoms with Gasteiger partial charge in [0.2, 0.25) is 11.7 Å². The summed E-state index contributed by atoms with van der Waals surface area (Å²) >= 11 is 0. The topological polar surface area (TPSA) is 85.2 Å². The van der Waals surface area contributed by atoms with Crippen molar-refractivity contribution in [1.29, 1.82) is 0 Å². The highest BCUT2D eigenvalue weighted by atomic mass is 16.5. The molecule has 3 N–H and O–H groups in total. The quantitative estimate of drug-likeness (QED) is 0.837. The van der Waals surface area contributed by atoms with Gasteiger partial charge in [-0.1, -0.05) is 12.1 Å². The van der Waals surface area contributed by atoms with Gasteiger partial charge >= 0.3 is 0 Å². The Bertz CT molecular complexity index is 479. The smallest absolute Gasteiger partial charge is 0.227 e. The minimum Gasteiger partial charge on any atom is -0.508 e. The van der Waals surface area contributed by atoms with Crippen molar-refractivity contribution < 1.29 is 9.63 Å². The van der Waals surface area contributed by atoms with Gasteiger partial charge < -0.3 is 15.4 Å². The minimum absolute atomic E-state index is 0.217. The lowest BCUT2D eigenvalue weighted by molar-refractivity contribution is 0.360. The maximum Gasteiger partial charge on any atom is 0.227 e. The first kappa shape index (κ1) is 11.6. The predicted octanol–water partition coefficient (Wildman–Crippen LogP) is 1.58. The van der Waals surface area contributed by atoms with E-state index in [1.165, 1.54) is 0 Å². The summed E-state index contributed by atoms with van der Waals surface area (Å²) in [6.07, 6.45) is 0.682. The molecule has 1 aromatic carbocycles. The van der Waals surface area contributed by atoms with Crippen LogP contribution in [0, 0.1) is 5.92 Å². The second-order valence-electron chi connectivity index (χ2n) is 4.10. The fourth-order valence-electron chi connectivity index (χ4n) is 1.45. The molecule has 1 heterocycles. The van der Waals surface area contributed by atoms with Gasteiger partial charge in [0.15, 0.2) is 0 Å². The molecule has 1 aromatic heterocycles. The molecule has 2 aromatic rings. The Morgan fingerprint density at radius 1 is 1.35 bits per heavy atom. The Hall–Kier alpha value is -1.88. The summed E-state index contributed by atoms with van der Waals surface area (Å²) in [6, 6.07) is 6.68. The van der Waals surface area contributed by atoms with Crippen LogP contribution in [0.1, 0.15) is 12.8 Å². The molecule has 17 heavy (non-hydrogen) atoms. The summed E-state index contributed by atoms with van der Waals surface area (Å²) in [5.74, 6) is 1.66. The standard InChI is InChI=1S/C12H15N3O2/c1-8(7-13)6-11-14-12(15-17-11)9-2-4-10(16)5-3-9/h2-5,8,16H,6-7,13H2,1H3. The van der Waals surface area contributed by atoms with Crippen molar-refractivity contribution in [2.75, 3.05) is 6.54 Å². The number of hydrogen-bond donors (Lipinski definition) is 2. The molecular weight excluding hydrogens is 218 g/mol. The van der Waals surface area contributed by atoms with Crippen molar-refractivity contribution in [2.24, 2.45) is 11.7 Å². The second kappa shape index (κ2) is 4.97. The van der Waals surface area contributed by atoms with Gasteiger partial charge in [-0.3, -0.25) is 0 Å². The second-order valence-corrected chi connectivity index (χ2v) is 4.10. The molecule has 5 nitrogen and oxygen atoms in total. The number of hydrogen-bond acceptors (Lipinski definition) is 5. The Morgan fingerprint density at radius 3 is 2.71 bits per heavy atom. The lowest BCUT2D eigenvalue weighted by atomic mass is 10.1. The maximum absolute atomic E-state index is 9.18. The molecule has 2 rings (SSSR count). The first-order chi connectivity index (χ1) is 8.19. The van der Waals surface area contributed by atoms with Crippen molar-refractivity contribution in [3.8, 4) is 17.1 Å². The van der Waals surface area contributed by atoms with E-state index in [0.717, 1.165) is 5.56 Å². The SMILES string of the molecule is CC(CN)Cc1nc(-c2ccc(O)cc2)no1. The van der Waals surface area contributed by atoms with Crippen LogP contribution in [0.3, 0.4) is 0 Å². The summed E-state index contributed by atoms with van der Waals surface area (Å²) in [5, 5.41) is 13.1. The van der Waals surface area contributed by atoms with E-state index in [2.05, 4.69) is 10.1 Å². The lowest BCUT2D eigenvalue weighted by Gasteiger charge is -2.01. The number of nitrogens with zero attached hydrogens (tertiary/aromatic N) is 2. The van der Waals surface area contributed by atoms with Gasteiger partial charge in [-0.25, -0.2) is 0 Å². The molecule has 90 valence electrons. The van der Waals surface area contributed by atoms with E-state index >= 15 is 0 Å². The van der Waals surface area contributed by atoms with Crippen LogP contribution < -0.4 is 5.73 Å². The summed E-state index contributed by atoms with van der Waals surface area (Å²) in [6.45, 7) is 2.63. The molecule has 0 aliphatic heterocycles. The highest BCUT2D eigenvalue weighted by molar-refractivity contribution is 5.55.